The molecule has 0 radical (unpaired) electrons. The van der Waals surface area contributed by atoms with Gasteiger partial charge in [0.15, 0.2) is 0 Å². The Morgan fingerprint density at radius 3 is 2.48 bits per heavy atom. The van der Waals surface area contributed by atoms with Gasteiger partial charge in [-0.15, -0.1) is 0 Å². The van der Waals surface area contributed by atoms with E-state index in [4.69, 9.17) is 18.0 Å². The molecule has 108 valence electrons. The van der Waals surface area contributed by atoms with Gasteiger partial charge in [-0.2, -0.15) is 0 Å². The number of halogens is 2. The molecule has 0 heterocycles. The zero-order valence-electron chi connectivity index (χ0n) is 11.1. The molecule has 2 aromatic rings. The summed E-state index contributed by atoms with van der Waals surface area (Å²) in [6.45, 7) is 1.60. The monoisotopic (exact) mass is 306 g/mol. The quantitative estimate of drug-likeness (QED) is 0.857. The van der Waals surface area contributed by atoms with Gasteiger partial charge in [0.05, 0.1) is 0 Å². The number of nitrogens with one attached hydrogen (secondary N) is 1. The molecule has 0 saturated heterocycles. The first-order valence-electron chi connectivity index (χ1n) is 6.05. The first kappa shape index (κ1) is 15.1. The number of amides is 1. The second-order valence-electron chi connectivity index (χ2n) is 4.48. The average molecular weight is 306 g/mol. The van der Waals surface area contributed by atoms with Crippen LogP contribution in [0.4, 0.5) is 14.5 Å². The minimum absolute atomic E-state index is 0.0397. The molecule has 0 bridgehead atoms. The van der Waals surface area contributed by atoms with Crippen molar-refractivity contribution in [2.24, 2.45) is 5.73 Å². The van der Waals surface area contributed by atoms with E-state index in [2.05, 4.69) is 5.32 Å². The number of rotatable bonds is 3. The Hall–Kier alpha value is -2.34. The first-order chi connectivity index (χ1) is 9.88. The van der Waals surface area contributed by atoms with Gasteiger partial charge in [0.1, 0.15) is 16.6 Å². The topological polar surface area (TPSA) is 55.1 Å². The normalized spacial score (nSPS) is 10.2. The van der Waals surface area contributed by atoms with Crippen molar-refractivity contribution in [3.8, 4) is 0 Å². The predicted molar refractivity (Wildman–Crippen MR) is 81.4 cm³/mol. The number of anilines is 1. The highest BCUT2D eigenvalue weighted by molar-refractivity contribution is 7.80. The lowest BCUT2D eigenvalue weighted by Crippen LogP contribution is -2.15. The standard InChI is InChI=1S/C15H12F2N2OS/c1-8-2-3-9(6-13(8)17)15(20)19-10-4-5-12(16)11(7-10)14(18)21/h2-7H,1H3,(H2,18,21)(H,19,20). The van der Waals surface area contributed by atoms with Crippen LogP contribution in [0.3, 0.4) is 0 Å². The molecule has 3 N–H and O–H groups in total. The number of carbonyl (C=O) groups is 1. The summed E-state index contributed by atoms with van der Waals surface area (Å²) in [4.78, 5) is 11.9. The fourth-order valence-electron chi connectivity index (χ4n) is 1.73. The summed E-state index contributed by atoms with van der Waals surface area (Å²) in [7, 11) is 0. The van der Waals surface area contributed by atoms with Crippen molar-refractivity contribution < 1.29 is 13.6 Å². The van der Waals surface area contributed by atoms with Crippen LogP contribution < -0.4 is 11.1 Å². The molecule has 1 amide bonds. The van der Waals surface area contributed by atoms with Gasteiger partial charge in [0, 0.05) is 16.8 Å². The van der Waals surface area contributed by atoms with Crippen LogP contribution in [-0.4, -0.2) is 10.9 Å². The number of carbonyl (C=O) groups excluding carboxylic acids is 1. The smallest absolute Gasteiger partial charge is 0.255 e. The lowest BCUT2D eigenvalue weighted by molar-refractivity contribution is 0.102. The van der Waals surface area contributed by atoms with Crippen LogP contribution in [0.5, 0.6) is 0 Å². The Bertz CT molecular complexity index is 732. The molecular formula is C15H12F2N2OS. The van der Waals surface area contributed by atoms with Crippen LogP contribution in [0.15, 0.2) is 36.4 Å². The van der Waals surface area contributed by atoms with Crippen LogP contribution >= 0.6 is 12.2 Å². The Labute approximate surface area is 125 Å². The van der Waals surface area contributed by atoms with Crippen molar-refractivity contribution in [3.05, 3.63) is 64.7 Å². The van der Waals surface area contributed by atoms with Crippen molar-refractivity contribution >= 4 is 28.8 Å². The third-order valence-electron chi connectivity index (χ3n) is 2.92. The maximum atomic E-state index is 13.4. The van der Waals surface area contributed by atoms with Gasteiger partial charge in [0.2, 0.25) is 0 Å². The molecule has 2 rings (SSSR count). The largest absolute Gasteiger partial charge is 0.389 e. The maximum absolute atomic E-state index is 13.4. The molecule has 0 aliphatic heterocycles. The number of hydrogen-bond donors (Lipinski definition) is 2. The Kier molecular flexibility index (Phi) is 4.28. The highest BCUT2D eigenvalue weighted by Gasteiger charge is 2.11. The van der Waals surface area contributed by atoms with Crippen molar-refractivity contribution in [1.29, 1.82) is 0 Å². The zero-order chi connectivity index (χ0) is 15.6. The number of aryl methyl sites for hydroxylation is 1. The van der Waals surface area contributed by atoms with Crippen LogP contribution in [0.25, 0.3) is 0 Å². The predicted octanol–water partition coefficient (Wildman–Crippen LogP) is 3.16. The molecule has 3 nitrogen and oxygen atoms in total. The summed E-state index contributed by atoms with van der Waals surface area (Å²) in [6.07, 6.45) is 0. The summed E-state index contributed by atoms with van der Waals surface area (Å²) in [5, 5.41) is 2.54. The molecule has 0 aliphatic rings. The molecule has 21 heavy (non-hydrogen) atoms. The molecule has 0 saturated carbocycles. The number of benzene rings is 2. The Balaban J connectivity index is 2.25. The van der Waals surface area contributed by atoms with Gasteiger partial charge in [-0.05, 0) is 42.8 Å². The van der Waals surface area contributed by atoms with E-state index in [1.54, 1.807) is 6.92 Å². The molecular weight excluding hydrogens is 294 g/mol. The van der Waals surface area contributed by atoms with Crippen LogP contribution in [-0.2, 0) is 0 Å². The van der Waals surface area contributed by atoms with Crippen molar-refractivity contribution in [1.82, 2.24) is 0 Å². The average Bonchev–Trinajstić information content (AvgIpc) is 2.43. The molecule has 0 spiro atoms. The Morgan fingerprint density at radius 1 is 1.14 bits per heavy atom. The van der Waals surface area contributed by atoms with Crippen LogP contribution in [0, 0.1) is 18.6 Å². The molecule has 0 aliphatic carbocycles. The van der Waals surface area contributed by atoms with Crippen molar-refractivity contribution in [3.63, 3.8) is 0 Å². The third-order valence-corrected chi connectivity index (χ3v) is 3.14. The summed E-state index contributed by atoms with van der Waals surface area (Å²) >= 11 is 4.72. The van der Waals surface area contributed by atoms with Gasteiger partial charge in [-0.3, -0.25) is 4.79 Å². The third kappa shape index (κ3) is 3.41. The van der Waals surface area contributed by atoms with Gasteiger partial charge in [0.25, 0.3) is 5.91 Å². The second kappa shape index (κ2) is 5.97. The van der Waals surface area contributed by atoms with Crippen molar-refractivity contribution in [2.45, 2.75) is 6.92 Å². The van der Waals surface area contributed by atoms with E-state index in [1.165, 1.54) is 24.3 Å². The molecule has 0 aromatic heterocycles. The van der Waals surface area contributed by atoms with Crippen molar-refractivity contribution in [2.75, 3.05) is 5.32 Å². The molecule has 0 unspecified atom stereocenters. The van der Waals surface area contributed by atoms with Gasteiger partial charge < -0.3 is 11.1 Å². The van der Waals surface area contributed by atoms with E-state index < -0.39 is 17.5 Å². The van der Waals surface area contributed by atoms with E-state index in [9.17, 15) is 13.6 Å². The van der Waals surface area contributed by atoms with E-state index in [-0.39, 0.29) is 16.1 Å². The fourth-order valence-corrected chi connectivity index (χ4v) is 1.89. The first-order valence-corrected chi connectivity index (χ1v) is 6.46. The van der Waals surface area contributed by atoms with Gasteiger partial charge >= 0.3 is 0 Å². The number of nitrogens with two attached hydrogens (primary N) is 1. The SMILES string of the molecule is Cc1ccc(C(=O)Nc2ccc(F)c(C(N)=S)c2)cc1F. The van der Waals surface area contributed by atoms with Crippen LogP contribution in [0.2, 0.25) is 0 Å². The highest BCUT2D eigenvalue weighted by atomic mass is 32.1. The minimum atomic E-state index is -0.568. The van der Waals surface area contributed by atoms with Crippen LogP contribution in [0.1, 0.15) is 21.5 Å². The maximum Gasteiger partial charge on any atom is 0.255 e. The van der Waals surface area contributed by atoms with E-state index in [0.29, 0.717) is 11.3 Å². The number of thiocarbonyl (C=S) groups is 1. The fraction of sp³-hybridized carbons (Fsp3) is 0.0667. The van der Waals surface area contributed by atoms with Gasteiger partial charge in [-0.25, -0.2) is 8.78 Å². The van der Waals surface area contributed by atoms with E-state index in [1.807, 2.05) is 0 Å². The molecule has 6 heteroatoms. The highest BCUT2D eigenvalue weighted by Crippen LogP contribution is 2.17. The summed E-state index contributed by atoms with van der Waals surface area (Å²) in [5.74, 6) is -1.54. The summed E-state index contributed by atoms with van der Waals surface area (Å²) in [5.41, 5.74) is 6.37. The lowest BCUT2D eigenvalue weighted by Gasteiger charge is -2.08. The molecule has 2 aromatic carbocycles. The van der Waals surface area contributed by atoms with Gasteiger partial charge in [-0.1, -0.05) is 18.3 Å². The Morgan fingerprint density at radius 2 is 1.86 bits per heavy atom. The lowest BCUT2D eigenvalue weighted by atomic mass is 10.1. The minimum Gasteiger partial charge on any atom is -0.389 e. The summed E-state index contributed by atoms with van der Waals surface area (Å²) in [6, 6.07) is 8.02. The molecule has 0 fully saturated rings. The number of hydrogen-bond acceptors (Lipinski definition) is 2. The molecule has 0 atom stereocenters. The zero-order valence-corrected chi connectivity index (χ0v) is 11.9. The second-order valence-corrected chi connectivity index (χ2v) is 4.92. The van der Waals surface area contributed by atoms with E-state index >= 15 is 0 Å². The van der Waals surface area contributed by atoms with E-state index in [0.717, 1.165) is 12.1 Å². The summed E-state index contributed by atoms with van der Waals surface area (Å²) < 4.78 is 26.9.